The lowest BCUT2D eigenvalue weighted by molar-refractivity contribution is 0.199. The van der Waals surface area contributed by atoms with E-state index in [-0.39, 0.29) is 6.61 Å². The SMILES string of the molecule is C[C@H](O)c1ccc(C#N)cc1N1CCCN(CCO)CC1. The second-order valence-corrected chi connectivity index (χ2v) is 5.47. The summed E-state index contributed by atoms with van der Waals surface area (Å²) in [5.41, 5.74) is 2.44. The highest BCUT2D eigenvalue weighted by atomic mass is 16.3. The second kappa shape index (κ2) is 7.41. The van der Waals surface area contributed by atoms with Crippen molar-refractivity contribution in [2.45, 2.75) is 19.4 Å². The summed E-state index contributed by atoms with van der Waals surface area (Å²) in [6.07, 6.45) is 0.459. The number of hydrogen-bond acceptors (Lipinski definition) is 5. The highest BCUT2D eigenvalue weighted by Crippen LogP contribution is 2.28. The van der Waals surface area contributed by atoms with Crippen LogP contribution in [0.1, 0.15) is 30.6 Å². The Morgan fingerprint density at radius 3 is 2.76 bits per heavy atom. The van der Waals surface area contributed by atoms with E-state index in [1.165, 1.54) is 0 Å². The average molecular weight is 289 g/mol. The Morgan fingerprint density at radius 1 is 1.29 bits per heavy atom. The molecule has 0 spiro atoms. The summed E-state index contributed by atoms with van der Waals surface area (Å²) in [6.45, 7) is 6.24. The summed E-state index contributed by atoms with van der Waals surface area (Å²) in [4.78, 5) is 4.48. The first kappa shape index (κ1) is 15.8. The second-order valence-electron chi connectivity index (χ2n) is 5.47. The zero-order valence-electron chi connectivity index (χ0n) is 12.5. The topological polar surface area (TPSA) is 70.7 Å². The van der Waals surface area contributed by atoms with Crippen molar-refractivity contribution in [2.24, 2.45) is 0 Å². The van der Waals surface area contributed by atoms with Gasteiger partial charge in [-0.1, -0.05) is 6.07 Å². The standard InChI is InChI=1S/C16H23N3O2/c1-13(21)15-4-3-14(12-17)11-16(15)19-6-2-5-18(7-8-19)9-10-20/h3-4,11,13,20-21H,2,5-10H2,1H3/t13-/m0/s1. The molecule has 0 saturated carbocycles. The lowest BCUT2D eigenvalue weighted by Gasteiger charge is -2.27. The van der Waals surface area contributed by atoms with E-state index < -0.39 is 6.10 Å². The number of nitriles is 1. The number of nitrogens with zero attached hydrogens (tertiary/aromatic N) is 3. The number of β-amino-alcohol motifs (C(OH)–C–C–N with tert-alkyl or cyclic N) is 1. The van der Waals surface area contributed by atoms with E-state index in [0.29, 0.717) is 12.1 Å². The monoisotopic (exact) mass is 289 g/mol. The zero-order valence-corrected chi connectivity index (χ0v) is 12.5. The van der Waals surface area contributed by atoms with Crippen LogP contribution < -0.4 is 4.90 Å². The van der Waals surface area contributed by atoms with Crippen LogP contribution in [0.5, 0.6) is 0 Å². The summed E-state index contributed by atoms with van der Waals surface area (Å²) in [6, 6.07) is 7.62. The molecule has 0 bridgehead atoms. The molecule has 114 valence electrons. The molecular formula is C16H23N3O2. The van der Waals surface area contributed by atoms with Gasteiger partial charge < -0.3 is 15.1 Å². The van der Waals surface area contributed by atoms with Gasteiger partial charge in [0.15, 0.2) is 0 Å². The molecule has 1 aliphatic rings. The van der Waals surface area contributed by atoms with Crippen LogP contribution in [-0.4, -0.2) is 54.4 Å². The molecule has 1 saturated heterocycles. The first-order valence-electron chi connectivity index (χ1n) is 7.46. The number of benzene rings is 1. The minimum absolute atomic E-state index is 0.183. The normalized spacial score (nSPS) is 18.1. The first-order chi connectivity index (χ1) is 10.2. The van der Waals surface area contributed by atoms with Crippen molar-refractivity contribution in [3.05, 3.63) is 29.3 Å². The van der Waals surface area contributed by atoms with Gasteiger partial charge in [-0.25, -0.2) is 0 Å². The van der Waals surface area contributed by atoms with Crippen LogP contribution in [0.3, 0.4) is 0 Å². The fourth-order valence-electron chi connectivity index (χ4n) is 2.82. The number of anilines is 1. The molecule has 0 radical (unpaired) electrons. The molecule has 1 fully saturated rings. The van der Waals surface area contributed by atoms with Crippen LogP contribution in [0.15, 0.2) is 18.2 Å². The van der Waals surface area contributed by atoms with Gasteiger partial charge in [0.2, 0.25) is 0 Å². The van der Waals surface area contributed by atoms with E-state index >= 15 is 0 Å². The third kappa shape index (κ3) is 3.94. The van der Waals surface area contributed by atoms with Gasteiger partial charge in [0, 0.05) is 37.4 Å². The van der Waals surface area contributed by atoms with Crippen molar-refractivity contribution < 1.29 is 10.2 Å². The molecular weight excluding hydrogens is 266 g/mol. The highest BCUT2D eigenvalue weighted by Gasteiger charge is 2.19. The molecule has 0 aliphatic carbocycles. The van der Waals surface area contributed by atoms with E-state index in [4.69, 9.17) is 10.4 Å². The average Bonchev–Trinajstić information content (AvgIpc) is 2.72. The lowest BCUT2D eigenvalue weighted by Crippen LogP contribution is -2.32. The van der Waals surface area contributed by atoms with Gasteiger partial charge in [-0.15, -0.1) is 0 Å². The molecule has 0 amide bonds. The van der Waals surface area contributed by atoms with Gasteiger partial charge in [-0.2, -0.15) is 5.26 Å². The number of hydrogen-bond donors (Lipinski definition) is 2. The van der Waals surface area contributed by atoms with Gasteiger partial charge in [0.25, 0.3) is 0 Å². The van der Waals surface area contributed by atoms with E-state index in [2.05, 4.69) is 15.9 Å². The molecule has 2 rings (SSSR count). The van der Waals surface area contributed by atoms with Crippen molar-refractivity contribution in [2.75, 3.05) is 44.2 Å². The van der Waals surface area contributed by atoms with Gasteiger partial charge in [0.1, 0.15) is 0 Å². The first-order valence-corrected chi connectivity index (χ1v) is 7.46. The molecule has 21 heavy (non-hydrogen) atoms. The van der Waals surface area contributed by atoms with E-state index in [1.807, 2.05) is 12.1 Å². The van der Waals surface area contributed by atoms with Crippen LogP contribution in [0.2, 0.25) is 0 Å². The van der Waals surface area contributed by atoms with Crippen molar-refractivity contribution in [1.82, 2.24) is 4.90 Å². The maximum Gasteiger partial charge on any atom is 0.0992 e. The van der Waals surface area contributed by atoms with Crippen molar-refractivity contribution in [3.8, 4) is 6.07 Å². The molecule has 5 nitrogen and oxygen atoms in total. The van der Waals surface area contributed by atoms with E-state index in [0.717, 1.165) is 43.9 Å². The molecule has 0 unspecified atom stereocenters. The predicted octanol–water partition coefficient (Wildman–Crippen LogP) is 1.12. The summed E-state index contributed by atoms with van der Waals surface area (Å²) in [5.74, 6) is 0. The van der Waals surface area contributed by atoms with Crippen LogP contribution in [0.25, 0.3) is 0 Å². The van der Waals surface area contributed by atoms with Crippen LogP contribution >= 0.6 is 0 Å². The third-order valence-electron chi connectivity index (χ3n) is 3.96. The maximum absolute atomic E-state index is 9.95. The van der Waals surface area contributed by atoms with Crippen LogP contribution in [-0.2, 0) is 0 Å². The number of rotatable bonds is 4. The Hall–Kier alpha value is -1.61. The summed E-state index contributed by atoms with van der Waals surface area (Å²) < 4.78 is 0. The lowest BCUT2D eigenvalue weighted by atomic mass is 10.0. The molecule has 1 heterocycles. The van der Waals surface area contributed by atoms with Crippen LogP contribution in [0.4, 0.5) is 5.69 Å². The summed E-state index contributed by atoms with van der Waals surface area (Å²) >= 11 is 0. The minimum Gasteiger partial charge on any atom is -0.395 e. The highest BCUT2D eigenvalue weighted by molar-refractivity contribution is 5.58. The summed E-state index contributed by atoms with van der Waals surface area (Å²) in [7, 11) is 0. The van der Waals surface area contributed by atoms with Gasteiger partial charge in [-0.3, -0.25) is 4.90 Å². The Balaban J connectivity index is 2.22. The van der Waals surface area contributed by atoms with Gasteiger partial charge in [0.05, 0.1) is 24.3 Å². The Bertz CT molecular complexity index is 511. The predicted molar refractivity (Wildman–Crippen MR) is 82.1 cm³/mol. The van der Waals surface area contributed by atoms with Crippen LogP contribution in [0, 0.1) is 11.3 Å². The Labute approximate surface area is 126 Å². The fourth-order valence-corrected chi connectivity index (χ4v) is 2.82. The quantitative estimate of drug-likeness (QED) is 0.869. The summed E-state index contributed by atoms with van der Waals surface area (Å²) in [5, 5.41) is 28.1. The molecule has 5 heteroatoms. The van der Waals surface area contributed by atoms with Gasteiger partial charge >= 0.3 is 0 Å². The van der Waals surface area contributed by atoms with E-state index in [9.17, 15) is 5.11 Å². The Morgan fingerprint density at radius 2 is 2.10 bits per heavy atom. The van der Waals surface area contributed by atoms with Crippen molar-refractivity contribution >= 4 is 5.69 Å². The largest absolute Gasteiger partial charge is 0.395 e. The van der Waals surface area contributed by atoms with E-state index in [1.54, 1.807) is 13.0 Å². The van der Waals surface area contributed by atoms with Crippen molar-refractivity contribution in [3.63, 3.8) is 0 Å². The molecule has 0 aromatic heterocycles. The fraction of sp³-hybridized carbons (Fsp3) is 0.562. The number of aliphatic hydroxyl groups is 2. The molecule has 1 atom stereocenters. The van der Waals surface area contributed by atoms with Gasteiger partial charge in [-0.05, 0) is 32.0 Å². The Kier molecular flexibility index (Phi) is 5.57. The molecule has 2 N–H and O–H groups in total. The maximum atomic E-state index is 9.95. The number of aliphatic hydroxyl groups excluding tert-OH is 2. The molecule has 1 aromatic rings. The zero-order chi connectivity index (χ0) is 15.2. The molecule has 1 aliphatic heterocycles. The third-order valence-corrected chi connectivity index (χ3v) is 3.96. The molecule has 1 aromatic carbocycles. The smallest absolute Gasteiger partial charge is 0.0992 e. The van der Waals surface area contributed by atoms with Crippen molar-refractivity contribution in [1.29, 1.82) is 5.26 Å². The minimum atomic E-state index is -0.551.